The number of aromatic nitrogens is 1. The van der Waals surface area contributed by atoms with Gasteiger partial charge in [0.25, 0.3) is 0 Å². The van der Waals surface area contributed by atoms with Gasteiger partial charge in [0.15, 0.2) is 0 Å². The fourth-order valence-electron chi connectivity index (χ4n) is 4.79. The molecule has 0 saturated heterocycles. The van der Waals surface area contributed by atoms with E-state index in [9.17, 15) is 50.6 Å². The number of amides is 1. The standard InChI is InChI=1S/C29H42N4O3S.C4F6O2/c1-28(2,3)20-33(24(35)14-16-31-29(4,5)19-21-9-7-6-8-10-21)18-17-30-15-13-22-11-12-23(34)25-26(22)37-27(36)32-25;5-3(6,7)1(11)2(12)4(8,9)10/h6-12,30-31,34H,13-20H2,1-5H3,(H,32,36);. The van der Waals surface area contributed by atoms with Crippen LogP contribution in [0.2, 0.25) is 0 Å². The first-order valence-electron chi connectivity index (χ1n) is 15.3. The Hall–Kier alpha value is -3.76. The summed E-state index contributed by atoms with van der Waals surface area (Å²) in [6, 6.07) is 13.9. The SMILES string of the molecule is CC(C)(C)CN(CCNCCc1ccc(O)c2[nH]c(=O)sc12)C(=O)CCNC(C)(C)Cc1ccccc1.O=C(C(=O)C(F)(F)F)C(F)(F)F. The van der Waals surface area contributed by atoms with E-state index in [0.717, 1.165) is 41.0 Å². The summed E-state index contributed by atoms with van der Waals surface area (Å²) in [5.74, 6) is -6.55. The molecular formula is C33H42F6N4O5S. The number of fused-ring (bicyclic) bond motifs is 1. The van der Waals surface area contributed by atoms with E-state index in [0.29, 0.717) is 38.1 Å². The summed E-state index contributed by atoms with van der Waals surface area (Å²) in [5, 5.41) is 17.0. The number of carbonyl (C=O) groups excluding carboxylic acids is 3. The molecule has 9 nitrogen and oxygen atoms in total. The van der Waals surface area contributed by atoms with E-state index in [1.165, 1.54) is 5.56 Å². The molecule has 1 aromatic heterocycles. The number of nitrogens with one attached hydrogen (secondary N) is 3. The van der Waals surface area contributed by atoms with E-state index in [4.69, 9.17) is 0 Å². The fourth-order valence-corrected chi connectivity index (χ4v) is 5.69. The zero-order chi connectivity index (χ0) is 37.2. The number of nitrogens with zero attached hydrogens (tertiary/aromatic N) is 1. The Balaban J connectivity index is 0.000000591. The zero-order valence-electron chi connectivity index (χ0n) is 27.9. The minimum atomic E-state index is -5.77. The van der Waals surface area contributed by atoms with Crippen LogP contribution >= 0.6 is 11.3 Å². The summed E-state index contributed by atoms with van der Waals surface area (Å²) in [6.07, 6.45) is -9.44. The number of aromatic hydroxyl groups is 1. The third kappa shape index (κ3) is 14.3. The van der Waals surface area contributed by atoms with Crippen LogP contribution in [0.15, 0.2) is 47.3 Å². The van der Waals surface area contributed by atoms with Crippen LogP contribution in [0.5, 0.6) is 5.75 Å². The van der Waals surface area contributed by atoms with Crippen molar-refractivity contribution in [2.45, 2.75) is 71.8 Å². The smallest absolute Gasteiger partial charge is 0.458 e. The molecule has 1 heterocycles. The molecule has 0 aliphatic heterocycles. The van der Waals surface area contributed by atoms with Gasteiger partial charge in [-0.1, -0.05) is 68.5 Å². The number of carbonyl (C=O) groups is 3. The summed E-state index contributed by atoms with van der Waals surface area (Å²) in [5.41, 5.74) is 2.74. The van der Waals surface area contributed by atoms with Crippen molar-refractivity contribution in [1.82, 2.24) is 20.5 Å². The van der Waals surface area contributed by atoms with E-state index in [1.54, 1.807) is 6.07 Å². The quantitative estimate of drug-likeness (QED) is 0.0976. The molecule has 4 N–H and O–H groups in total. The Labute approximate surface area is 284 Å². The molecule has 2 aromatic carbocycles. The molecule has 272 valence electrons. The van der Waals surface area contributed by atoms with Crippen LogP contribution in [0.3, 0.4) is 0 Å². The molecule has 3 rings (SSSR count). The molecule has 0 aliphatic rings. The Morgan fingerprint density at radius 3 is 2.00 bits per heavy atom. The Morgan fingerprint density at radius 2 is 1.45 bits per heavy atom. The van der Waals surface area contributed by atoms with Crippen molar-refractivity contribution >= 4 is 39.0 Å². The molecule has 0 unspecified atom stereocenters. The van der Waals surface area contributed by atoms with Crippen molar-refractivity contribution in [1.29, 1.82) is 0 Å². The average Bonchev–Trinajstić information content (AvgIpc) is 3.38. The van der Waals surface area contributed by atoms with Gasteiger partial charge in [0, 0.05) is 38.1 Å². The van der Waals surface area contributed by atoms with Crippen molar-refractivity contribution in [3.63, 3.8) is 0 Å². The van der Waals surface area contributed by atoms with Crippen LogP contribution in [0.25, 0.3) is 10.2 Å². The number of alkyl halides is 6. The Morgan fingerprint density at radius 1 is 0.857 bits per heavy atom. The molecule has 0 spiro atoms. The third-order valence-electron chi connectivity index (χ3n) is 6.94. The number of benzene rings is 2. The fraction of sp³-hybridized carbons (Fsp3) is 0.515. The summed E-state index contributed by atoms with van der Waals surface area (Å²) < 4.78 is 67.8. The maximum absolute atomic E-state index is 13.1. The van der Waals surface area contributed by atoms with Crippen molar-refractivity contribution in [3.8, 4) is 5.75 Å². The predicted octanol–water partition coefficient (Wildman–Crippen LogP) is 5.55. The van der Waals surface area contributed by atoms with Gasteiger partial charge in [-0.2, -0.15) is 26.3 Å². The molecule has 49 heavy (non-hydrogen) atoms. The van der Waals surface area contributed by atoms with Gasteiger partial charge >= 0.3 is 28.8 Å². The first-order valence-corrected chi connectivity index (χ1v) is 16.2. The average molecular weight is 721 g/mol. The molecule has 0 fully saturated rings. The van der Waals surface area contributed by atoms with E-state index in [2.05, 4.69) is 74.5 Å². The first kappa shape index (κ1) is 41.4. The second kappa shape index (κ2) is 17.3. The second-order valence-electron chi connectivity index (χ2n) is 13.2. The van der Waals surface area contributed by atoms with Crippen LogP contribution in [-0.4, -0.2) is 83.1 Å². The number of hydrogen-bond acceptors (Lipinski definition) is 8. The Kier molecular flexibility index (Phi) is 14.6. The lowest BCUT2D eigenvalue weighted by Gasteiger charge is -2.31. The van der Waals surface area contributed by atoms with Gasteiger partial charge in [0.2, 0.25) is 5.91 Å². The minimum absolute atomic E-state index is 0.0129. The van der Waals surface area contributed by atoms with Crippen molar-refractivity contribution in [2.75, 3.05) is 32.7 Å². The largest absolute Gasteiger partial charge is 0.506 e. The lowest BCUT2D eigenvalue weighted by Crippen LogP contribution is -2.45. The number of H-pyrrole nitrogens is 1. The minimum Gasteiger partial charge on any atom is -0.506 e. The van der Waals surface area contributed by atoms with Crippen LogP contribution in [-0.2, 0) is 27.2 Å². The van der Waals surface area contributed by atoms with Crippen molar-refractivity contribution < 1.29 is 45.8 Å². The number of hydrogen-bond donors (Lipinski definition) is 4. The summed E-state index contributed by atoms with van der Waals surface area (Å²) in [6.45, 7) is 14.2. The predicted molar refractivity (Wildman–Crippen MR) is 176 cm³/mol. The number of phenolic OH excluding ortho intramolecular Hbond substituents is 1. The van der Waals surface area contributed by atoms with E-state index in [-0.39, 0.29) is 27.5 Å². The normalized spacial score (nSPS) is 12.4. The molecule has 3 aromatic rings. The maximum atomic E-state index is 13.1. The van der Waals surface area contributed by atoms with Crippen LogP contribution < -0.4 is 15.5 Å². The highest BCUT2D eigenvalue weighted by atomic mass is 32.1. The topological polar surface area (TPSA) is 132 Å². The van der Waals surface area contributed by atoms with Gasteiger partial charge < -0.3 is 25.6 Å². The Bertz CT molecular complexity index is 1590. The molecule has 0 atom stereocenters. The number of rotatable bonds is 14. The van der Waals surface area contributed by atoms with E-state index in [1.807, 2.05) is 17.0 Å². The summed E-state index contributed by atoms with van der Waals surface area (Å²) >= 11 is 1.12. The third-order valence-corrected chi connectivity index (χ3v) is 7.90. The van der Waals surface area contributed by atoms with Gasteiger partial charge in [-0.15, -0.1) is 0 Å². The second-order valence-corrected chi connectivity index (χ2v) is 14.2. The molecular weight excluding hydrogens is 678 g/mol. The van der Waals surface area contributed by atoms with Crippen LogP contribution in [0.1, 0.15) is 52.2 Å². The highest BCUT2D eigenvalue weighted by molar-refractivity contribution is 7.16. The number of phenols is 1. The lowest BCUT2D eigenvalue weighted by atomic mass is 9.94. The van der Waals surface area contributed by atoms with Gasteiger partial charge in [-0.3, -0.25) is 19.2 Å². The van der Waals surface area contributed by atoms with Crippen molar-refractivity contribution in [3.05, 3.63) is 63.3 Å². The van der Waals surface area contributed by atoms with Crippen LogP contribution in [0, 0.1) is 5.41 Å². The molecule has 16 heteroatoms. The van der Waals surface area contributed by atoms with E-state index < -0.39 is 23.9 Å². The highest BCUT2D eigenvalue weighted by Gasteiger charge is 2.54. The number of Topliss-reactive ketones (excluding diaryl/α,β-unsaturated/α-hetero) is 2. The lowest BCUT2D eigenvalue weighted by molar-refractivity contribution is -0.193. The molecule has 0 saturated carbocycles. The van der Waals surface area contributed by atoms with Crippen molar-refractivity contribution in [2.24, 2.45) is 5.41 Å². The molecule has 0 bridgehead atoms. The number of aromatic amines is 1. The monoisotopic (exact) mass is 720 g/mol. The van der Waals surface area contributed by atoms with E-state index >= 15 is 0 Å². The number of halogens is 6. The zero-order valence-corrected chi connectivity index (χ0v) is 28.7. The van der Waals surface area contributed by atoms with Gasteiger partial charge in [-0.25, -0.2) is 0 Å². The summed E-state index contributed by atoms with van der Waals surface area (Å²) in [4.78, 5) is 48.6. The summed E-state index contributed by atoms with van der Waals surface area (Å²) in [7, 11) is 0. The van der Waals surface area contributed by atoms with Gasteiger partial charge in [0.05, 0.1) is 4.70 Å². The molecule has 1 amide bonds. The van der Waals surface area contributed by atoms with Gasteiger partial charge in [-0.05, 0) is 55.8 Å². The number of thiazole rings is 1. The molecule has 0 aliphatic carbocycles. The highest BCUT2D eigenvalue weighted by Crippen LogP contribution is 2.28. The van der Waals surface area contributed by atoms with Crippen LogP contribution in [0.4, 0.5) is 26.3 Å². The molecule has 0 radical (unpaired) electrons. The van der Waals surface area contributed by atoms with Gasteiger partial charge in [0.1, 0.15) is 11.3 Å². The first-order chi connectivity index (χ1) is 22.5. The number of ketones is 2. The maximum Gasteiger partial charge on any atom is 0.458 e.